The molecule has 0 amide bonds. The summed E-state index contributed by atoms with van der Waals surface area (Å²) in [6.07, 6.45) is 0. The van der Waals surface area contributed by atoms with E-state index in [1.54, 1.807) is 0 Å². The van der Waals surface area contributed by atoms with E-state index in [2.05, 4.69) is 0 Å². The van der Waals surface area contributed by atoms with Gasteiger partial charge in [-0.3, -0.25) is 6.54 Å². The Kier molecular flexibility index (Phi) is 124. The normalized spacial score (nSPS) is 4.29. The van der Waals surface area contributed by atoms with Crippen molar-refractivity contribution < 1.29 is 28.0 Å². The molecule has 0 bridgehead atoms. The van der Waals surface area contributed by atoms with Crippen LogP contribution in [0, 0.1) is 6.54 Å². The Morgan fingerprint density at radius 2 is 1.43 bits per heavy atom. The Labute approximate surface area is 53.3 Å². The molecule has 0 fully saturated rings. The SMILES string of the molecule is N[CH-]CN.O.O.[Cu+]. The topological polar surface area (TPSA) is 115 Å². The fraction of sp³-hybridized carbons (Fsp3) is 0.500. The molecule has 4 nitrogen and oxygen atoms in total. The summed E-state index contributed by atoms with van der Waals surface area (Å²) < 4.78 is 0. The number of hydrogen-bond acceptors (Lipinski definition) is 2. The largest absolute Gasteiger partial charge is 1.00 e. The molecule has 0 saturated heterocycles. The second-order valence-electron chi connectivity index (χ2n) is 0.471. The summed E-state index contributed by atoms with van der Waals surface area (Å²) in [5.41, 5.74) is 9.62. The van der Waals surface area contributed by atoms with Crippen LogP contribution in [-0.4, -0.2) is 17.5 Å². The van der Waals surface area contributed by atoms with Gasteiger partial charge in [0.25, 0.3) is 0 Å². The first-order valence-corrected chi connectivity index (χ1v) is 1.15. The van der Waals surface area contributed by atoms with Crippen LogP contribution in [0.15, 0.2) is 0 Å². The summed E-state index contributed by atoms with van der Waals surface area (Å²) >= 11 is 0. The maximum absolute atomic E-state index is 4.85. The Bertz CT molecular complexity index is 15.7. The van der Waals surface area contributed by atoms with Crippen LogP contribution in [-0.2, 0) is 17.1 Å². The summed E-state index contributed by atoms with van der Waals surface area (Å²) in [5.74, 6) is 0. The van der Waals surface area contributed by atoms with Crippen molar-refractivity contribution in [3.05, 3.63) is 6.54 Å². The van der Waals surface area contributed by atoms with E-state index in [4.69, 9.17) is 11.5 Å². The van der Waals surface area contributed by atoms with Crippen LogP contribution in [0.2, 0.25) is 0 Å². The average Bonchev–Trinajstić information content (AvgIpc) is 1.37. The average molecular weight is 159 g/mol. The maximum atomic E-state index is 4.85. The molecule has 0 aliphatic carbocycles. The molecular weight excluding hydrogens is 148 g/mol. The maximum Gasteiger partial charge on any atom is 1.00 e. The van der Waals surface area contributed by atoms with Gasteiger partial charge in [-0.2, -0.15) is 0 Å². The summed E-state index contributed by atoms with van der Waals surface area (Å²) in [4.78, 5) is 0. The molecule has 0 rings (SSSR count). The minimum absolute atomic E-state index is 0. The first-order chi connectivity index (χ1) is 1.91. The number of rotatable bonds is 1. The van der Waals surface area contributed by atoms with Gasteiger partial charge in [-0.25, -0.2) is 0 Å². The molecule has 0 radical (unpaired) electrons. The monoisotopic (exact) mass is 158 g/mol. The van der Waals surface area contributed by atoms with Gasteiger partial charge in [0.15, 0.2) is 0 Å². The zero-order valence-corrected chi connectivity index (χ0v) is 4.68. The third-order valence-corrected chi connectivity index (χ3v) is 0.136. The van der Waals surface area contributed by atoms with Crippen LogP contribution in [0.5, 0.6) is 0 Å². The van der Waals surface area contributed by atoms with E-state index < -0.39 is 0 Å². The molecule has 0 heterocycles. The second-order valence-corrected chi connectivity index (χ2v) is 0.471. The first-order valence-electron chi connectivity index (χ1n) is 1.15. The third kappa shape index (κ3) is 65.4. The Morgan fingerprint density at radius 1 is 1.29 bits per heavy atom. The van der Waals surface area contributed by atoms with Gasteiger partial charge in [0.2, 0.25) is 0 Å². The van der Waals surface area contributed by atoms with E-state index in [-0.39, 0.29) is 28.0 Å². The molecule has 0 spiro atoms. The second kappa shape index (κ2) is 32.8. The molecule has 0 unspecified atom stereocenters. The molecule has 0 atom stereocenters. The van der Waals surface area contributed by atoms with E-state index in [0.29, 0.717) is 6.54 Å². The van der Waals surface area contributed by atoms with Crippen LogP contribution >= 0.6 is 0 Å². The molecule has 0 aromatic rings. The predicted octanol–water partition coefficient (Wildman–Crippen LogP) is -2.59. The van der Waals surface area contributed by atoms with Gasteiger partial charge in [0, 0.05) is 0 Å². The molecule has 7 heavy (non-hydrogen) atoms. The van der Waals surface area contributed by atoms with Crippen LogP contribution in [0.25, 0.3) is 0 Å². The fourth-order valence-corrected chi connectivity index (χ4v) is 0. The first kappa shape index (κ1) is 26.4. The van der Waals surface area contributed by atoms with E-state index >= 15 is 0 Å². The van der Waals surface area contributed by atoms with Crippen LogP contribution in [0.4, 0.5) is 0 Å². The van der Waals surface area contributed by atoms with Gasteiger partial charge in [-0.1, -0.05) is 0 Å². The zero-order valence-electron chi connectivity index (χ0n) is 3.74. The van der Waals surface area contributed by atoms with Crippen LogP contribution in [0.1, 0.15) is 0 Å². The van der Waals surface area contributed by atoms with E-state index in [0.717, 1.165) is 0 Å². The van der Waals surface area contributed by atoms with Crippen molar-refractivity contribution >= 4 is 0 Å². The summed E-state index contributed by atoms with van der Waals surface area (Å²) in [6, 6.07) is 0. The number of hydrogen-bond donors (Lipinski definition) is 2. The van der Waals surface area contributed by atoms with Crippen molar-refractivity contribution in [2.24, 2.45) is 11.5 Å². The molecule has 0 aliphatic rings. The third-order valence-electron chi connectivity index (χ3n) is 0.136. The number of nitrogens with two attached hydrogens (primary N) is 2. The Balaban J connectivity index is -0.0000000150. The quantitative estimate of drug-likeness (QED) is 0.322. The summed E-state index contributed by atoms with van der Waals surface area (Å²) in [7, 11) is 0. The molecule has 0 aromatic carbocycles. The summed E-state index contributed by atoms with van der Waals surface area (Å²) in [5, 5.41) is 0. The molecular formula is C2H11CuN2O2. The van der Waals surface area contributed by atoms with Crippen molar-refractivity contribution in [1.82, 2.24) is 0 Å². The van der Waals surface area contributed by atoms with Crippen LogP contribution in [0.3, 0.4) is 0 Å². The fourth-order valence-electron chi connectivity index (χ4n) is 0. The van der Waals surface area contributed by atoms with Gasteiger partial charge in [-0.05, 0) is 0 Å². The van der Waals surface area contributed by atoms with Crippen molar-refractivity contribution in [3.63, 3.8) is 0 Å². The molecule has 0 aliphatic heterocycles. The van der Waals surface area contributed by atoms with Crippen molar-refractivity contribution in [2.75, 3.05) is 6.54 Å². The van der Waals surface area contributed by atoms with Gasteiger partial charge in [-0.15, -0.1) is 6.54 Å². The van der Waals surface area contributed by atoms with Gasteiger partial charge in [0.05, 0.1) is 0 Å². The molecule has 0 saturated carbocycles. The van der Waals surface area contributed by atoms with Crippen LogP contribution < -0.4 is 11.5 Å². The smallest absolute Gasteiger partial charge is 0.482 e. The molecule has 0 aromatic heterocycles. The standard InChI is InChI=1S/C2H7N2.Cu.2H2O/c3-1-2-4;;;/h1H,2-4H2;;2*1H2/q-1;+1;;. The van der Waals surface area contributed by atoms with Gasteiger partial charge >= 0.3 is 17.1 Å². The van der Waals surface area contributed by atoms with E-state index in [1.165, 1.54) is 6.54 Å². The molecule has 52 valence electrons. The van der Waals surface area contributed by atoms with Crippen molar-refractivity contribution in [2.45, 2.75) is 0 Å². The minimum Gasteiger partial charge on any atom is -0.482 e. The predicted molar refractivity (Wildman–Crippen MR) is 24.8 cm³/mol. The van der Waals surface area contributed by atoms with Gasteiger partial charge < -0.3 is 22.4 Å². The van der Waals surface area contributed by atoms with E-state index in [9.17, 15) is 0 Å². The Morgan fingerprint density at radius 3 is 1.43 bits per heavy atom. The van der Waals surface area contributed by atoms with Gasteiger partial charge in [0.1, 0.15) is 0 Å². The zero-order chi connectivity index (χ0) is 3.41. The van der Waals surface area contributed by atoms with Crippen molar-refractivity contribution in [1.29, 1.82) is 0 Å². The minimum atomic E-state index is 0. The molecule has 8 N–H and O–H groups in total. The van der Waals surface area contributed by atoms with Crippen molar-refractivity contribution in [3.8, 4) is 0 Å². The molecule has 5 heteroatoms. The van der Waals surface area contributed by atoms with E-state index in [1.807, 2.05) is 0 Å². The Hall–Kier alpha value is 0.359. The summed E-state index contributed by atoms with van der Waals surface area (Å²) in [6.45, 7) is 1.88.